The summed E-state index contributed by atoms with van der Waals surface area (Å²) in [5.41, 5.74) is 6.83. The van der Waals surface area contributed by atoms with Gasteiger partial charge in [0.25, 0.3) is 0 Å². The Labute approximate surface area is 133 Å². The van der Waals surface area contributed by atoms with Gasteiger partial charge in [0.05, 0.1) is 5.75 Å². The van der Waals surface area contributed by atoms with Crippen molar-refractivity contribution >= 4 is 35.3 Å². The third kappa shape index (κ3) is 4.22. The quantitative estimate of drug-likeness (QED) is 0.911. The van der Waals surface area contributed by atoms with Crippen molar-refractivity contribution in [3.05, 3.63) is 40.7 Å². The van der Waals surface area contributed by atoms with E-state index in [9.17, 15) is 0 Å². The van der Waals surface area contributed by atoms with Gasteiger partial charge >= 0.3 is 0 Å². The summed E-state index contributed by atoms with van der Waals surface area (Å²) in [5.74, 6) is 2.15. The van der Waals surface area contributed by atoms with Crippen molar-refractivity contribution in [3.63, 3.8) is 0 Å². The van der Waals surface area contributed by atoms with Crippen LogP contribution in [0, 0.1) is 0 Å². The highest BCUT2D eigenvalue weighted by molar-refractivity contribution is 7.98. The van der Waals surface area contributed by atoms with E-state index in [1.807, 2.05) is 43.3 Å². The predicted molar refractivity (Wildman–Crippen MR) is 89.7 cm³/mol. The molecule has 0 saturated carbocycles. The summed E-state index contributed by atoms with van der Waals surface area (Å²) in [6.07, 6.45) is 0. The average molecular weight is 324 g/mol. The maximum Gasteiger partial charge on any atom is 0.229 e. The summed E-state index contributed by atoms with van der Waals surface area (Å²) in [4.78, 5) is 14.5. The zero-order valence-corrected chi connectivity index (χ0v) is 13.8. The molecule has 1 aromatic carbocycles. The van der Waals surface area contributed by atoms with Gasteiger partial charge in [0.15, 0.2) is 0 Å². The fourth-order valence-electron chi connectivity index (χ4n) is 1.78. The third-order valence-electron chi connectivity index (χ3n) is 2.89. The number of nitrogen functional groups attached to an aromatic ring is 1. The van der Waals surface area contributed by atoms with E-state index < -0.39 is 0 Å². The Bertz CT molecular complexity index is 620. The molecule has 0 amide bonds. The van der Waals surface area contributed by atoms with E-state index in [-0.39, 0.29) is 11.2 Å². The predicted octanol–water partition coefficient (Wildman–Crippen LogP) is 3.17. The lowest BCUT2D eigenvalue weighted by Crippen LogP contribution is -2.16. The summed E-state index contributed by atoms with van der Waals surface area (Å²) < 4.78 is 0. The SMILES string of the molecule is C[C@H](SCc1nc(N)nc(N(C)C)n1)c1ccccc1Cl. The number of rotatable bonds is 5. The minimum absolute atomic E-state index is 0.245. The van der Waals surface area contributed by atoms with E-state index in [0.717, 1.165) is 10.6 Å². The van der Waals surface area contributed by atoms with Crippen molar-refractivity contribution in [2.24, 2.45) is 0 Å². The number of aromatic nitrogens is 3. The van der Waals surface area contributed by atoms with Gasteiger partial charge in [-0.1, -0.05) is 29.8 Å². The Morgan fingerprint density at radius 1 is 1.24 bits per heavy atom. The Morgan fingerprint density at radius 3 is 2.62 bits per heavy atom. The second-order valence-corrected chi connectivity index (χ2v) is 6.52. The van der Waals surface area contributed by atoms with Gasteiger partial charge in [-0.3, -0.25) is 0 Å². The summed E-state index contributed by atoms with van der Waals surface area (Å²) in [5, 5.41) is 1.03. The molecule has 21 heavy (non-hydrogen) atoms. The van der Waals surface area contributed by atoms with Gasteiger partial charge in [-0.05, 0) is 18.6 Å². The topological polar surface area (TPSA) is 67.9 Å². The second kappa shape index (κ2) is 6.95. The molecule has 0 radical (unpaired) electrons. The zero-order valence-electron chi connectivity index (χ0n) is 12.2. The molecule has 112 valence electrons. The summed E-state index contributed by atoms with van der Waals surface area (Å²) in [7, 11) is 3.75. The first kappa shape index (κ1) is 15.9. The molecule has 0 fully saturated rings. The number of hydrogen-bond acceptors (Lipinski definition) is 6. The Kier molecular flexibility index (Phi) is 5.25. The lowest BCUT2D eigenvalue weighted by Gasteiger charge is -2.14. The molecule has 0 unspecified atom stereocenters. The van der Waals surface area contributed by atoms with Gasteiger partial charge in [0.2, 0.25) is 11.9 Å². The number of nitrogens with two attached hydrogens (primary N) is 1. The van der Waals surface area contributed by atoms with Gasteiger partial charge in [-0.15, -0.1) is 11.8 Å². The van der Waals surface area contributed by atoms with Gasteiger partial charge in [0.1, 0.15) is 5.82 Å². The van der Waals surface area contributed by atoms with E-state index in [4.69, 9.17) is 17.3 Å². The van der Waals surface area contributed by atoms with E-state index in [1.165, 1.54) is 0 Å². The largest absolute Gasteiger partial charge is 0.368 e. The summed E-state index contributed by atoms with van der Waals surface area (Å²) in [6, 6.07) is 7.86. The van der Waals surface area contributed by atoms with E-state index in [1.54, 1.807) is 11.8 Å². The van der Waals surface area contributed by atoms with Crippen molar-refractivity contribution in [2.75, 3.05) is 24.7 Å². The molecule has 0 aliphatic rings. The smallest absolute Gasteiger partial charge is 0.229 e. The van der Waals surface area contributed by atoms with Crippen molar-refractivity contribution in [3.8, 4) is 0 Å². The number of anilines is 2. The molecule has 0 spiro atoms. The van der Waals surface area contributed by atoms with Crippen molar-refractivity contribution < 1.29 is 0 Å². The van der Waals surface area contributed by atoms with Gasteiger partial charge < -0.3 is 10.6 Å². The molecule has 1 atom stereocenters. The van der Waals surface area contributed by atoms with Crippen LogP contribution in [0.25, 0.3) is 0 Å². The normalized spacial score (nSPS) is 12.2. The number of nitrogens with zero attached hydrogens (tertiary/aromatic N) is 4. The molecule has 0 aliphatic carbocycles. The molecule has 0 bridgehead atoms. The highest BCUT2D eigenvalue weighted by Gasteiger charge is 2.12. The molecular weight excluding hydrogens is 306 g/mol. The molecule has 0 aliphatic heterocycles. The van der Waals surface area contributed by atoms with Crippen LogP contribution < -0.4 is 10.6 Å². The van der Waals surface area contributed by atoms with Crippen LogP contribution in [-0.4, -0.2) is 29.0 Å². The fourth-order valence-corrected chi connectivity index (χ4v) is 3.06. The Hall–Kier alpha value is -1.53. The minimum atomic E-state index is 0.245. The second-order valence-electron chi connectivity index (χ2n) is 4.78. The maximum absolute atomic E-state index is 6.21. The third-order valence-corrected chi connectivity index (χ3v) is 4.42. The van der Waals surface area contributed by atoms with Crippen LogP contribution in [-0.2, 0) is 5.75 Å². The molecule has 1 aromatic heterocycles. The molecule has 7 heteroatoms. The van der Waals surface area contributed by atoms with E-state index in [2.05, 4.69) is 21.9 Å². The van der Waals surface area contributed by atoms with E-state index >= 15 is 0 Å². The highest BCUT2D eigenvalue weighted by Crippen LogP contribution is 2.34. The molecular formula is C14H18ClN5S. The van der Waals surface area contributed by atoms with Gasteiger partial charge in [0, 0.05) is 24.4 Å². The molecule has 1 heterocycles. The highest BCUT2D eigenvalue weighted by atomic mass is 35.5. The summed E-state index contributed by atoms with van der Waals surface area (Å²) in [6.45, 7) is 2.11. The molecule has 2 N–H and O–H groups in total. The standard InChI is InChI=1S/C14H18ClN5S/c1-9(10-6-4-5-7-11(10)15)21-8-12-17-13(16)19-14(18-12)20(2)3/h4-7,9H,8H2,1-3H3,(H2,16,17,18,19)/t9-/m0/s1. The van der Waals surface area contributed by atoms with Crippen molar-refractivity contribution in [2.45, 2.75) is 17.9 Å². The number of thioether (sulfide) groups is 1. The Morgan fingerprint density at radius 2 is 1.95 bits per heavy atom. The van der Waals surface area contributed by atoms with Crippen LogP contribution in [0.5, 0.6) is 0 Å². The maximum atomic E-state index is 6.21. The average Bonchev–Trinajstić information content (AvgIpc) is 2.44. The summed E-state index contributed by atoms with van der Waals surface area (Å²) >= 11 is 7.93. The van der Waals surface area contributed by atoms with Crippen LogP contribution in [0.2, 0.25) is 5.02 Å². The molecule has 5 nitrogen and oxygen atoms in total. The molecule has 2 aromatic rings. The first-order valence-electron chi connectivity index (χ1n) is 6.51. The lowest BCUT2D eigenvalue weighted by molar-refractivity contribution is 0.917. The van der Waals surface area contributed by atoms with Crippen LogP contribution in [0.4, 0.5) is 11.9 Å². The zero-order chi connectivity index (χ0) is 15.4. The Balaban J connectivity index is 2.08. The monoisotopic (exact) mass is 323 g/mol. The van der Waals surface area contributed by atoms with Gasteiger partial charge in [-0.2, -0.15) is 15.0 Å². The van der Waals surface area contributed by atoms with Crippen LogP contribution in [0.15, 0.2) is 24.3 Å². The molecule has 2 rings (SSSR count). The van der Waals surface area contributed by atoms with Crippen LogP contribution in [0.1, 0.15) is 23.6 Å². The lowest BCUT2D eigenvalue weighted by atomic mass is 10.2. The van der Waals surface area contributed by atoms with Crippen molar-refractivity contribution in [1.82, 2.24) is 15.0 Å². The number of benzene rings is 1. The van der Waals surface area contributed by atoms with Crippen LogP contribution >= 0.6 is 23.4 Å². The first-order valence-corrected chi connectivity index (χ1v) is 7.94. The van der Waals surface area contributed by atoms with Crippen molar-refractivity contribution in [1.29, 1.82) is 0 Å². The van der Waals surface area contributed by atoms with E-state index in [0.29, 0.717) is 17.5 Å². The fraction of sp³-hybridized carbons (Fsp3) is 0.357. The van der Waals surface area contributed by atoms with Gasteiger partial charge in [-0.25, -0.2) is 0 Å². The minimum Gasteiger partial charge on any atom is -0.368 e. The number of hydrogen-bond donors (Lipinski definition) is 1. The first-order chi connectivity index (χ1) is 9.97. The number of halogens is 1. The molecule has 0 saturated heterocycles. The van der Waals surface area contributed by atoms with Crippen LogP contribution in [0.3, 0.4) is 0 Å².